The number of morpholine rings is 1. The zero-order valence-corrected chi connectivity index (χ0v) is 16.2. The minimum Gasteiger partial charge on any atom is -0.375 e. The van der Waals surface area contributed by atoms with Crippen LogP contribution in [0, 0.1) is 0 Å². The van der Waals surface area contributed by atoms with Gasteiger partial charge in [0.15, 0.2) is 5.96 Å². The molecule has 1 aromatic carbocycles. The van der Waals surface area contributed by atoms with Crippen molar-refractivity contribution in [2.75, 3.05) is 32.8 Å². The van der Waals surface area contributed by atoms with Crippen LogP contribution in [-0.2, 0) is 23.1 Å². The van der Waals surface area contributed by atoms with Gasteiger partial charge in [-0.1, -0.05) is 12.1 Å². The summed E-state index contributed by atoms with van der Waals surface area (Å²) in [6, 6.07) is 8.20. The predicted octanol–water partition coefficient (Wildman–Crippen LogP) is 1.92. The van der Waals surface area contributed by atoms with E-state index in [1.165, 1.54) is 0 Å². The molecule has 0 amide bonds. The largest absolute Gasteiger partial charge is 0.375 e. The molecule has 2 unspecified atom stereocenters. The summed E-state index contributed by atoms with van der Waals surface area (Å²) < 4.78 is 13.9. The Morgan fingerprint density at radius 1 is 1.26 bits per heavy atom. The molecule has 0 bridgehead atoms. The first kappa shape index (κ1) is 18.3. The van der Waals surface area contributed by atoms with Crippen LogP contribution in [0.2, 0.25) is 0 Å². The Balaban J connectivity index is 1.49. The highest BCUT2D eigenvalue weighted by molar-refractivity contribution is 5.80. The van der Waals surface area contributed by atoms with Gasteiger partial charge < -0.3 is 24.3 Å². The first-order valence-corrected chi connectivity index (χ1v) is 9.93. The Hall–Kier alpha value is -2.12. The predicted molar refractivity (Wildman–Crippen MR) is 106 cm³/mol. The lowest BCUT2D eigenvalue weighted by Gasteiger charge is -2.37. The van der Waals surface area contributed by atoms with Crippen LogP contribution in [0.15, 0.2) is 29.3 Å². The molecule has 3 heterocycles. The molecule has 1 N–H and O–H groups in total. The first-order chi connectivity index (χ1) is 13.3. The molecule has 0 saturated carbocycles. The standard InChI is InChI=1S/C20H29N5O2/c1-3-21-20(25-10-12-27-18(14-25)17-9-6-11-26-17)22-13-19-23-15-7-4-5-8-16(15)24(19)2/h4-5,7-8,17-18H,3,6,9-14H2,1-2H3,(H,21,22). The van der Waals surface area contributed by atoms with Crippen molar-refractivity contribution < 1.29 is 9.47 Å². The van der Waals surface area contributed by atoms with Crippen molar-refractivity contribution in [3.8, 4) is 0 Å². The molecule has 27 heavy (non-hydrogen) atoms. The summed E-state index contributed by atoms with van der Waals surface area (Å²) in [6.45, 7) is 6.71. The highest BCUT2D eigenvalue weighted by Gasteiger charge is 2.32. The number of nitrogens with one attached hydrogen (secondary N) is 1. The molecule has 7 heteroatoms. The molecule has 2 saturated heterocycles. The number of hydrogen-bond acceptors (Lipinski definition) is 4. The van der Waals surface area contributed by atoms with Crippen LogP contribution in [0.1, 0.15) is 25.6 Å². The molecule has 1 aromatic heterocycles. The van der Waals surface area contributed by atoms with Crippen molar-refractivity contribution in [1.29, 1.82) is 0 Å². The third kappa shape index (κ3) is 3.94. The van der Waals surface area contributed by atoms with Crippen molar-refractivity contribution >= 4 is 17.0 Å². The molecular weight excluding hydrogens is 342 g/mol. The van der Waals surface area contributed by atoms with Gasteiger partial charge in [-0.2, -0.15) is 0 Å². The van der Waals surface area contributed by atoms with Crippen molar-refractivity contribution in [3.63, 3.8) is 0 Å². The van der Waals surface area contributed by atoms with Gasteiger partial charge in [-0.3, -0.25) is 0 Å². The van der Waals surface area contributed by atoms with E-state index in [-0.39, 0.29) is 12.2 Å². The Kier molecular flexibility index (Phi) is 5.59. The van der Waals surface area contributed by atoms with E-state index in [0.717, 1.165) is 61.9 Å². The number of aryl methyl sites for hydroxylation is 1. The van der Waals surface area contributed by atoms with Crippen LogP contribution in [0.5, 0.6) is 0 Å². The number of nitrogens with zero attached hydrogens (tertiary/aromatic N) is 4. The van der Waals surface area contributed by atoms with E-state index in [1.54, 1.807) is 0 Å². The second-order valence-electron chi connectivity index (χ2n) is 7.15. The van der Waals surface area contributed by atoms with E-state index in [2.05, 4.69) is 34.8 Å². The quantitative estimate of drug-likeness (QED) is 0.657. The average molecular weight is 371 g/mol. The van der Waals surface area contributed by atoms with Gasteiger partial charge in [-0.05, 0) is 31.9 Å². The minimum absolute atomic E-state index is 0.126. The summed E-state index contributed by atoms with van der Waals surface area (Å²) in [5, 5.41) is 3.43. The first-order valence-electron chi connectivity index (χ1n) is 9.93. The number of fused-ring (bicyclic) bond motifs is 1. The van der Waals surface area contributed by atoms with E-state index in [0.29, 0.717) is 13.2 Å². The van der Waals surface area contributed by atoms with Crippen molar-refractivity contribution in [2.45, 2.75) is 38.5 Å². The van der Waals surface area contributed by atoms with E-state index < -0.39 is 0 Å². The van der Waals surface area contributed by atoms with Crippen LogP contribution < -0.4 is 5.32 Å². The number of para-hydroxylation sites is 2. The number of imidazole rings is 1. The lowest BCUT2D eigenvalue weighted by atomic mass is 10.1. The van der Waals surface area contributed by atoms with Gasteiger partial charge in [-0.15, -0.1) is 0 Å². The fourth-order valence-corrected chi connectivity index (χ4v) is 3.90. The Morgan fingerprint density at radius 3 is 2.89 bits per heavy atom. The molecule has 0 radical (unpaired) electrons. The molecule has 2 aliphatic rings. The van der Waals surface area contributed by atoms with E-state index in [9.17, 15) is 0 Å². The number of benzene rings is 1. The number of guanidine groups is 1. The zero-order valence-electron chi connectivity index (χ0n) is 16.2. The second kappa shape index (κ2) is 8.27. The molecule has 2 fully saturated rings. The highest BCUT2D eigenvalue weighted by Crippen LogP contribution is 2.21. The van der Waals surface area contributed by atoms with Gasteiger partial charge in [0, 0.05) is 33.3 Å². The number of aliphatic imine (C=N–C) groups is 1. The van der Waals surface area contributed by atoms with E-state index in [4.69, 9.17) is 19.5 Å². The highest BCUT2D eigenvalue weighted by atomic mass is 16.5. The number of hydrogen-bond donors (Lipinski definition) is 1. The average Bonchev–Trinajstić information content (AvgIpc) is 3.34. The van der Waals surface area contributed by atoms with Crippen molar-refractivity contribution in [3.05, 3.63) is 30.1 Å². The number of rotatable bonds is 4. The van der Waals surface area contributed by atoms with Gasteiger partial charge in [-0.25, -0.2) is 9.98 Å². The summed E-state index contributed by atoms with van der Waals surface area (Å²) in [5.41, 5.74) is 2.15. The van der Waals surface area contributed by atoms with E-state index in [1.807, 2.05) is 18.2 Å². The molecule has 0 aliphatic carbocycles. The second-order valence-corrected chi connectivity index (χ2v) is 7.15. The van der Waals surface area contributed by atoms with E-state index >= 15 is 0 Å². The van der Waals surface area contributed by atoms with Crippen LogP contribution in [0.25, 0.3) is 11.0 Å². The van der Waals surface area contributed by atoms with Crippen LogP contribution in [-0.4, -0.2) is 65.5 Å². The molecule has 2 aliphatic heterocycles. The Labute approximate surface area is 160 Å². The van der Waals surface area contributed by atoms with Crippen LogP contribution in [0.4, 0.5) is 0 Å². The molecule has 0 spiro atoms. The molecule has 146 valence electrons. The summed E-state index contributed by atoms with van der Waals surface area (Å²) in [6.07, 6.45) is 2.56. The normalized spacial score (nSPS) is 23.9. The minimum atomic E-state index is 0.126. The van der Waals surface area contributed by atoms with Crippen molar-refractivity contribution in [2.24, 2.45) is 12.0 Å². The van der Waals surface area contributed by atoms with Crippen LogP contribution in [0.3, 0.4) is 0 Å². The van der Waals surface area contributed by atoms with Crippen molar-refractivity contribution in [1.82, 2.24) is 19.8 Å². The molecule has 2 atom stereocenters. The molecule has 4 rings (SSSR count). The zero-order chi connectivity index (χ0) is 18.6. The monoisotopic (exact) mass is 371 g/mol. The van der Waals surface area contributed by atoms with Crippen LogP contribution >= 0.6 is 0 Å². The molecule has 7 nitrogen and oxygen atoms in total. The Bertz CT molecular complexity index is 797. The van der Waals surface area contributed by atoms with Gasteiger partial charge >= 0.3 is 0 Å². The fraction of sp³-hybridized carbons (Fsp3) is 0.600. The smallest absolute Gasteiger partial charge is 0.194 e. The Morgan fingerprint density at radius 2 is 2.11 bits per heavy atom. The maximum absolute atomic E-state index is 5.98. The third-order valence-corrected chi connectivity index (χ3v) is 5.36. The molecule has 2 aromatic rings. The molecular formula is C20H29N5O2. The maximum Gasteiger partial charge on any atom is 0.194 e. The summed E-state index contributed by atoms with van der Waals surface area (Å²) in [5.74, 6) is 1.89. The third-order valence-electron chi connectivity index (χ3n) is 5.36. The summed E-state index contributed by atoms with van der Waals surface area (Å²) >= 11 is 0. The van der Waals surface area contributed by atoms with Gasteiger partial charge in [0.2, 0.25) is 0 Å². The number of ether oxygens (including phenoxy) is 2. The number of aromatic nitrogens is 2. The van der Waals surface area contributed by atoms with Gasteiger partial charge in [0.05, 0.1) is 23.7 Å². The maximum atomic E-state index is 5.98. The van der Waals surface area contributed by atoms with Gasteiger partial charge in [0.1, 0.15) is 18.5 Å². The lowest BCUT2D eigenvalue weighted by Crippen LogP contribution is -2.53. The van der Waals surface area contributed by atoms with Gasteiger partial charge in [0.25, 0.3) is 0 Å². The summed E-state index contributed by atoms with van der Waals surface area (Å²) in [4.78, 5) is 11.9. The topological polar surface area (TPSA) is 63.9 Å². The SMILES string of the molecule is CCNC(=NCc1nc2ccccc2n1C)N1CCOC(C2CCCO2)C1. The summed E-state index contributed by atoms with van der Waals surface area (Å²) in [7, 11) is 2.05. The fourth-order valence-electron chi connectivity index (χ4n) is 3.90. The lowest BCUT2D eigenvalue weighted by molar-refractivity contribution is -0.0817.